The zero-order chi connectivity index (χ0) is 9.14. The van der Waals surface area contributed by atoms with Crippen LogP contribution >= 0.6 is 15.9 Å². The zero-order valence-corrected chi connectivity index (χ0v) is 8.50. The molecule has 1 aromatic heterocycles. The van der Waals surface area contributed by atoms with Gasteiger partial charge in [0.2, 0.25) is 0 Å². The summed E-state index contributed by atoms with van der Waals surface area (Å²) >= 11 is 3.26. The Labute approximate surface area is 79.5 Å². The Morgan fingerprint density at radius 3 is 2.75 bits per heavy atom. The van der Waals surface area contributed by atoms with E-state index in [9.17, 15) is 4.79 Å². The van der Waals surface area contributed by atoms with Crippen molar-refractivity contribution in [1.29, 1.82) is 0 Å². The molecule has 0 unspecified atom stereocenters. The third-order valence-corrected chi connectivity index (χ3v) is 2.04. The number of hydrogen-bond donors (Lipinski definition) is 0. The molecule has 3 nitrogen and oxygen atoms in total. The van der Waals surface area contributed by atoms with Crippen molar-refractivity contribution in [3.8, 4) is 0 Å². The first-order valence-electron chi connectivity index (χ1n) is 3.44. The number of aromatic nitrogens is 1. The van der Waals surface area contributed by atoms with Gasteiger partial charge in [0.1, 0.15) is 0 Å². The monoisotopic (exact) mass is 228 g/mol. The number of amides is 1. The standard InChI is InChI=1S/C8H9BrN2O/c1-11(2)8(12)6-3-4-10-5-7(6)9/h3-5H,1-2H3. The molecule has 0 aromatic carbocycles. The van der Waals surface area contributed by atoms with Crippen LogP contribution in [-0.4, -0.2) is 29.9 Å². The van der Waals surface area contributed by atoms with Gasteiger partial charge in [-0.05, 0) is 22.0 Å². The molecule has 0 saturated heterocycles. The molecule has 0 bridgehead atoms. The first-order valence-corrected chi connectivity index (χ1v) is 4.23. The fourth-order valence-electron chi connectivity index (χ4n) is 0.790. The van der Waals surface area contributed by atoms with E-state index in [0.29, 0.717) is 5.56 Å². The fourth-order valence-corrected chi connectivity index (χ4v) is 1.21. The summed E-state index contributed by atoms with van der Waals surface area (Å²) in [4.78, 5) is 16.8. The molecule has 0 atom stereocenters. The van der Waals surface area contributed by atoms with E-state index >= 15 is 0 Å². The topological polar surface area (TPSA) is 33.2 Å². The maximum atomic E-state index is 11.4. The van der Waals surface area contributed by atoms with Crippen LogP contribution in [0.1, 0.15) is 10.4 Å². The van der Waals surface area contributed by atoms with Gasteiger partial charge < -0.3 is 4.90 Å². The predicted molar refractivity (Wildman–Crippen MR) is 50.0 cm³/mol. The number of nitrogens with zero attached hydrogens (tertiary/aromatic N) is 2. The lowest BCUT2D eigenvalue weighted by atomic mass is 10.2. The highest BCUT2D eigenvalue weighted by Crippen LogP contribution is 2.15. The Morgan fingerprint density at radius 2 is 2.25 bits per heavy atom. The molecule has 0 aliphatic heterocycles. The summed E-state index contributed by atoms with van der Waals surface area (Å²) in [5.41, 5.74) is 0.634. The van der Waals surface area contributed by atoms with Crippen molar-refractivity contribution in [1.82, 2.24) is 9.88 Å². The number of carbonyl (C=O) groups is 1. The lowest BCUT2D eigenvalue weighted by molar-refractivity contribution is 0.0826. The quantitative estimate of drug-likeness (QED) is 0.731. The summed E-state index contributed by atoms with van der Waals surface area (Å²) in [5, 5.41) is 0. The minimum absolute atomic E-state index is 0.0238. The normalized spacial score (nSPS) is 9.58. The summed E-state index contributed by atoms with van der Waals surface area (Å²) in [6.07, 6.45) is 3.21. The molecule has 64 valence electrons. The van der Waals surface area contributed by atoms with Crippen LogP contribution in [0.25, 0.3) is 0 Å². The van der Waals surface area contributed by atoms with Gasteiger partial charge in [0.15, 0.2) is 0 Å². The van der Waals surface area contributed by atoms with Crippen molar-refractivity contribution < 1.29 is 4.79 Å². The Hall–Kier alpha value is -0.900. The molecular weight excluding hydrogens is 220 g/mol. The molecule has 0 N–H and O–H groups in total. The predicted octanol–water partition coefficient (Wildman–Crippen LogP) is 1.55. The van der Waals surface area contributed by atoms with E-state index in [-0.39, 0.29) is 5.91 Å². The largest absolute Gasteiger partial charge is 0.345 e. The number of rotatable bonds is 1. The van der Waals surface area contributed by atoms with Gasteiger partial charge in [0.25, 0.3) is 5.91 Å². The van der Waals surface area contributed by atoms with Gasteiger partial charge in [-0.15, -0.1) is 0 Å². The van der Waals surface area contributed by atoms with E-state index in [1.165, 1.54) is 4.90 Å². The maximum absolute atomic E-state index is 11.4. The van der Waals surface area contributed by atoms with E-state index < -0.39 is 0 Å². The average Bonchev–Trinajstić information content (AvgIpc) is 2.04. The van der Waals surface area contributed by atoms with Crippen LogP contribution in [-0.2, 0) is 0 Å². The van der Waals surface area contributed by atoms with Gasteiger partial charge in [0.05, 0.1) is 5.56 Å². The molecule has 1 aromatic rings. The van der Waals surface area contributed by atoms with Gasteiger partial charge in [-0.3, -0.25) is 9.78 Å². The zero-order valence-electron chi connectivity index (χ0n) is 6.91. The minimum atomic E-state index is -0.0238. The Balaban J connectivity index is 3.03. The van der Waals surface area contributed by atoms with Crippen molar-refractivity contribution in [3.63, 3.8) is 0 Å². The summed E-state index contributed by atoms with van der Waals surface area (Å²) in [6, 6.07) is 1.69. The van der Waals surface area contributed by atoms with Gasteiger partial charge in [-0.25, -0.2) is 0 Å². The van der Waals surface area contributed by atoms with Crippen LogP contribution in [0.5, 0.6) is 0 Å². The molecule has 0 aliphatic carbocycles. The molecule has 1 amide bonds. The number of halogens is 1. The smallest absolute Gasteiger partial charge is 0.254 e. The highest BCUT2D eigenvalue weighted by atomic mass is 79.9. The van der Waals surface area contributed by atoms with E-state index in [1.54, 1.807) is 32.6 Å². The van der Waals surface area contributed by atoms with Crippen LogP contribution in [0.4, 0.5) is 0 Å². The second kappa shape index (κ2) is 3.67. The maximum Gasteiger partial charge on any atom is 0.254 e. The van der Waals surface area contributed by atoms with Crippen LogP contribution in [0, 0.1) is 0 Å². The highest BCUT2D eigenvalue weighted by Gasteiger charge is 2.10. The molecule has 0 saturated carbocycles. The van der Waals surface area contributed by atoms with Crippen molar-refractivity contribution in [3.05, 3.63) is 28.5 Å². The molecule has 0 aliphatic rings. The molecule has 1 rings (SSSR count). The Morgan fingerprint density at radius 1 is 1.58 bits per heavy atom. The number of pyridine rings is 1. The van der Waals surface area contributed by atoms with Gasteiger partial charge >= 0.3 is 0 Å². The SMILES string of the molecule is CN(C)C(=O)c1ccncc1Br. The number of hydrogen-bond acceptors (Lipinski definition) is 2. The molecule has 0 fully saturated rings. The third kappa shape index (κ3) is 1.82. The molecular formula is C8H9BrN2O. The van der Waals surface area contributed by atoms with Crippen molar-refractivity contribution in [2.75, 3.05) is 14.1 Å². The summed E-state index contributed by atoms with van der Waals surface area (Å²) in [7, 11) is 3.43. The average molecular weight is 229 g/mol. The summed E-state index contributed by atoms with van der Waals surface area (Å²) in [5.74, 6) is -0.0238. The molecule has 12 heavy (non-hydrogen) atoms. The molecule has 4 heteroatoms. The van der Waals surface area contributed by atoms with Crippen LogP contribution in [0.3, 0.4) is 0 Å². The van der Waals surface area contributed by atoms with Crippen LogP contribution in [0.15, 0.2) is 22.9 Å². The minimum Gasteiger partial charge on any atom is -0.345 e. The van der Waals surface area contributed by atoms with E-state index in [2.05, 4.69) is 20.9 Å². The first kappa shape index (κ1) is 9.19. The summed E-state index contributed by atoms with van der Waals surface area (Å²) in [6.45, 7) is 0. The van der Waals surface area contributed by atoms with Crippen molar-refractivity contribution in [2.24, 2.45) is 0 Å². The van der Waals surface area contributed by atoms with Gasteiger partial charge in [-0.1, -0.05) is 0 Å². The Kier molecular flexibility index (Phi) is 2.81. The number of carbonyl (C=O) groups excluding carboxylic acids is 1. The van der Waals surface area contributed by atoms with E-state index in [4.69, 9.17) is 0 Å². The van der Waals surface area contributed by atoms with Crippen molar-refractivity contribution in [2.45, 2.75) is 0 Å². The van der Waals surface area contributed by atoms with Gasteiger partial charge in [-0.2, -0.15) is 0 Å². The third-order valence-electron chi connectivity index (χ3n) is 1.41. The van der Waals surface area contributed by atoms with Crippen LogP contribution in [0.2, 0.25) is 0 Å². The lowest BCUT2D eigenvalue weighted by Crippen LogP contribution is -2.22. The first-order chi connectivity index (χ1) is 5.63. The molecule has 0 radical (unpaired) electrons. The highest BCUT2D eigenvalue weighted by molar-refractivity contribution is 9.10. The Bertz CT molecular complexity index is 299. The second-order valence-electron chi connectivity index (χ2n) is 2.56. The van der Waals surface area contributed by atoms with Crippen molar-refractivity contribution >= 4 is 21.8 Å². The lowest BCUT2D eigenvalue weighted by Gasteiger charge is -2.10. The molecule has 1 heterocycles. The van der Waals surface area contributed by atoms with Gasteiger partial charge in [0, 0.05) is 31.0 Å². The fraction of sp³-hybridized carbons (Fsp3) is 0.250. The van der Waals surface area contributed by atoms with Crippen LogP contribution < -0.4 is 0 Å². The molecule has 0 spiro atoms. The van der Waals surface area contributed by atoms with E-state index in [0.717, 1.165) is 4.47 Å². The second-order valence-corrected chi connectivity index (χ2v) is 3.41. The summed E-state index contributed by atoms with van der Waals surface area (Å²) < 4.78 is 0.726. The van der Waals surface area contributed by atoms with E-state index in [1.807, 2.05) is 0 Å².